The van der Waals surface area contributed by atoms with Crippen LogP contribution in [0.5, 0.6) is 0 Å². The van der Waals surface area contributed by atoms with Gasteiger partial charge in [-0.1, -0.05) is 11.3 Å². The number of nitro benzene ring substituents is 1. The number of thiazole rings is 1. The van der Waals surface area contributed by atoms with Gasteiger partial charge in [-0.15, -0.1) is 0 Å². The van der Waals surface area contributed by atoms with Crippen LogP contribution in [0.2, 0.25) is 0 Å². The maximum Gasteiger partial charge on any atom is 0.301 e. The second kappa shape index (κ2) is 8.36. The monoisotopic (exact) mass is 464 g/mol. The number of non-ortho nitro benzene ring substituents is 1. The van der Waals surface area contributed by atoms with Crippen LogP contribution in [0.15, 0.2) is 54.4 Å². The van der Waals surface area contributed by atoms with Gasteiger partial charge in [0.1, 0.15) is 5.76 Å². The number of benzene rings is 1. The summed E-state index contributed by atoms with van der Waals surface area (Å²) in [6.45, 7) is 2.99. The third kappa shape index (κ3) is 3.78. The molecule has 1 aliphatic heterocycles. The molecule has 1 saturated heterocycles. The second-order valence-corrected chi connectivity index (χ2v) is 8.20. The first-order valence-electron chi connectivity index (χ1n) is 9.64. The molecular formula is C22H16N4O6S. The third-order valence-corrected chi connectivity index (χ3v) is 6.39. The van der Waals surface area contributed by atoms with Crippen molar-refractivity contribution in [1.29, 1.82) is 0 Å². The zero-order chi connectivity index (χ0) is 23.9. The van der Waals surface area contributed by atoms with E-state index in [1.807, 2.05) is 0 Å². The number of amides is 1. The Labute approximate surface area is 191 Å². The van der Waals surface area contributed by atoms with Gasteiger partial charge in [-0.05, 0) is 36.8 Å². The number of Topliss-reactive ketones (excluding diaryl/α,β-unsaturated/α-hetero) is 2. The van der Waals surface area contributed by atoms with E-state index in [2.05, 4.69) is 9.97 Å². The van der Waals surface area contributed by atoms with Crippen LogP contribution in [0.1, 0.15) is 39.5 Å². The number of carbonyl (C=O) groups excluding carboxylic acids is 3. The van der Waals surface area contributed by atoms with Crippen LogP contribution in [0, 0.1) is 17.0 Å². The fourth-order valence-corrected chi connectivity index (χ4v) is 4.59. The maximum absolute atomic E-state index is 13.1. The quantitative estimate of drug-likeness (QED) is 0.151. The van der Waals surface area contributed by atoms with Gasteiger partial charge in [-0.2, -0.15) is 0 Å². The molecule has 33 heavy (non-hydrogen) atoms. The Morgan fingerprint density at radius 2 is 1.79 bits per heavy atom. The first-order valence-corrected chi connectivity index (χ1v) is 10.5. The number of carbonyl (C=O) groups is 3. The minimum absolute atomic E-state index is 0.108. The van der Waals surface area contributed by atoms with Crippen molar-refractivity contribution in [2.24, 2.45) is 0 Å². The Hall–Kier alpha value is -4.25. The number of nitro groups is 1. The summed E-state index contributed by atoms with van der Waals surface area (Å²) >= 11 is 0.956. The topological polar surface area (TPSA) is 144 Å². The molecule has 1 fully saturated rings. The number of hydrogen-bond donors (Lipinski definition) is 1. The normalized spacial score (nSPS) is 17.4. The van der Waals surface area contributed by atoms with Crippen LogP contribution in [0.25, 0.3) is 5.76 Å². The van der Waals surface area contributed by atoms with Crippen molar-refractivity contribution in [2.75, 3.05) is 4.90 Å². The van der Waals surface area contributed by atoms with Crippen LogP contribution in [0.4, 0.5) is 10.8 Å². The van der Waals surface area contributed by atoms with Gasteiger partial charge in [0.15, 0.2) is 10.9 Å². The predicted molar refractivity (Wildman–Crippen MR) is 119 cm³/mol. The van der Waals surface area contributed by atoms with E-state index in [0.29, 0.717) is 16.1 Å². The van der Waals surface area contributed by atoms with Gasteiger partial charge < -0.3 is 5.11 Å². The van der Waals surface area contributed by atoms with Crippen molar-refractivity contribution in [3.63, 3.8) is 0 Å². The van der Waals surface area contributed by atoms with Gasteiger partial charge in [0.25, 0.3) is 11.5 Å². The lowest BCUT2D eigenvalue weighted by Crippen LogP contribution is -2.29. The van der Waals surface area contributed by atoms with Crippen LogP contribution >= 0.6 is 11.3 Å². The molecule has 0 aliphatic carbocycles. The van der Waals surface area contributed by atoms with E-state index in [1.54, 1.807) is 6.92 Å². The molecule has 2 aromatic heterocycles. The average molecular weight is 464 g/mol. The minimum atomic E-state index is -1.11. The molecule has 166 valence electrons. The summed E-state index contributed by atoms with van der Waals surface area (Å²) in [4.78, 5) is 58.2. The Morgan fingerprint density at radius 1 is 1.15 bits per heavy atom. The highest BCUT2D eigenvalue weighted by Crippen LogP contribution is 2.44. The Bertz CT molecular complexity index is 1330. The molecule has 1 unspecified atom stereocenters. The standard InChI is InChI=1S/C22H16N4O6S/c1-11-20(12(2)27)33-22(24-11)25-17(13-3-5-15(6-4-13)26(31)32)16(19(29)21(25)30)18(28)14-7-9-23-10-8-14/h3-10,17,28H,1-2H3. The molecule has 0 bridgehead atoms. The predicted octanol–water partition coefficient (Wildman–Crippen LogP) is 3.58. The first-order chi connectivity index (χ1) is 15.7. The molecule has 0 spiro atoms. The fraction of sp³-hybridized carbons (Fsp3) is 0.136. The zero-order valence-electron chi connectivity index (χ0n) is 17.4. The molecule has 10 nitrogen and oxygen atoms in total. The molecule has 1 atom stereocenters. The van der Waals surface area contributed by atoms with Crippen molar-refractivity contribution in [3.05, 3.63) is 86.2 Å². The number of nitrogens with zero attached hydrogens (tertiary/aromatic N) is 4. The van der Waals surface area contributed by atoms with Gasteiger partial charge in [0.05, 0.1) is 27.1 Å². The van der Waals surface area contributed by atoms with Gasteiger partial charge in [0.2, 0.25) is 0 Å². The number of aliphatic hydroxyl groups excluding tert-OH is 1. The number of aromatic nitrogens is 2. The molecule has 11 heteroatoms. The Morgan fingerprint density at radius 3 is 2.33 bits per heavy atom. The Balaban J connectivity index is 1.94. The van der Waals surface area contributed by atoms with Crippen LogP contribution in [-0.4, -0.2) is 37.5 Å². The van der Waals surface area contributed by atoms with E-state index in [-0.39, 0.29) is 27.7 Å². The van der Waals surface area contributed by atoms with Gasteiger partial charge in [-0.25, -0.2) is 4.98 Å². The molecule has 3 aromatic rings. The second-order valence-electron chi connectivity index (χ2n) is 7.22. The lowest BCUT2D eigenvalue weighted by atomic mass is 9.95. The molecule has 1 aliphatic rings. The fourth-order valence-electron chi connectivity index (χ4n) is 3.60. The van der Waals surface area contributed by atoms with Crippen molar-refractivity contribution < 1.29 is 24.4 Å². The van der Waals surface area contributed by atoms with E-state index in [1.165, 1.54) is 55.7 Å². The third-order valence-electron chi connectivity index (χ3n) is 5.13. The number of pyridine rings is 1. The molecule has 1 aromatic carbocycles. The first kappa shape index (κ1) is 22.0. The number of hydrogen-bond acceptors (Lipinski definition) is 9. The number of rotatable bonds is 5. The SMILES string of the molecule is CC(=O)c1sc(N2C(=O)C(=O)C(=C(O)c3ccncc3)C2c2ccc([N+](=O)[O-])cc2)nc1C. The number of aliphatic hydroxyl groups is 1. The van der Waals surface area contributed by atoms with Crippen molar-refractivity contribution in [3.8, 4) is 0 Å². The summed E-state index contributed by atoms with van der Waals surface area (Å²) in [6.07, 6.45) is 2.85. The van der Waals surface area contributed by atoms with E-state index in [4.69, 9.17) is 0 Å². The Kier molecular flexibility index (Phi) is 5.56. The summed E-state index contributed by atoms with van der Waals surface area (Å²) in [5, 5.41) is 22.2. The van der Waals surface area contributed by atoms with Gasteiger partial charge in [0, 0.05) is 37.0 Å². The molecule has 1 N–H and O–H groups in total. The van der Waals surface area contributed by atoms with Gasteiger partial charge >= 0.3 is 5.91 Å². The molecule has 0 saturated carbocycles. The molecular weight excluding hydrogens is 448 g/mol. The number of ketones is 2. The minimum Gasteiger partial charge on any atom is -0.507 e. The van der Waals surface area contributed by atoms with Crippen molar-refractivity contribution in [1.82, 2.24) is 9.97 Å². The maximum atomic E-state index is 13.1. The number of aryl methyl sites for hydroxylation is 1. The van der Waals surface area contributed by atoms with Crippen molar-refractivity contribution >= 4 is 45.4 Å². The largest absolute Gasteiger partial charge is 0.507 e. The highest BCUT2D eigenvalue weighted by molar-refractivity contribution is 7.18. The molecule has 4 rings (SSSR count). The summed E-state index contributed by atoms with van der Waals surface area (Å²) < 4.78 is 0. The highest BCUT2D eigenvalue weighted by Gasteiger charge is 2.48. The van der Waals surface area contributed by atoms with Crippen LogP contribution < -0.4 is 4.90 Å². The van der Waals surface area contributed by atoms with E-state index in [9.17, 15) is 29.6 Å². The summed E-state index contributed by atoms with van der Waals surface area (Å²) in [5.41, 5.74) is 0.661. The van der Waals surface area contributed by atoms with Crippen molar-refractivity contribution in [2.45, 2.75) is 19.9 Å². The van der Waals surface area contributed by atoms with E-state index >= 15 is 0 Å². The van der Waals surface area contributed by atoms with Gasteiger partial charge in [-0.3, -0.25) is 34.4 Å². The smallest absolute Gasteiger partial charge is 0.301 e. The van der Waals surface area contributed by atoms with E-state index in [0.717, 1.165) is 16.2 Å². The molecule has 1 amide bonds. The molecule has 0 radical (unpaired) electrons. The summed E-state index contributed by atoms with van der Waals surface area (Å²) in [7, 11) is 0. The van der Waals surface area contributed by atoms with E-state index < -0.39 is 28.4 Å². The average Bonchev–Trinajstić information content (AvgIpc) is 3.31. The van der Waals surface area contributed by atoms with Crippen LogP contribution in [-0.2, 0) is 9.59 Å². The highest BCUT2D eigenvalue weighted by atomic mass is 32.1. The zero-order valence-corrected chi connectivity index (χ0v) is 18.2. The lowest BCUT2D eigenvalue weighted by molar-refractivity contribution is -0.384. The molecule has 3 heterocycles. The number of anilines is 1. The van der Waals surface area contributed by atoms with Crippen LogP contribution in [0.3, 0.4) is 0 Å². The summed E-state index contributed by atoms with van der Waals surface area (Å²) in [5.74, 6) is -2.53. The summed E-state index contributed by atoms with van der Waals surface area (Å²) in [6, 6.07) is 7.17. The lowest BCUT2D eigenvalue weighted by Gasteiger charge is -2.22.